The van der Waals surface area contributed by atoms with Crippen LogP contribution in [-0.4, -0.2) is 40.9 Å². The van der Waals surface area contributed by atoms with Gasteiger partial charge in [0.1, 0.15) is 5.75 Å². The fraction of sp³-hybridized carbons (Fsp3) is 0.417. The number of hydrogen-bond donors (Lipinski definition) is 1. The minimum absolute atomic E-state index is 0.0508. The van der Waals surface area contributed by atoms with E-state index in [0.717, 1.165) is 6.42 Å². The smallest absolute Gasteiger partial charge is 0.235 e. The van der Waals surface area contributed by atoms with Crippen molar-refractivity contribution in [3.8, 4) is 0 Å². The molecule has 0 heterocycles. The minimum Gasteiger partial charge on any atom is -0.345 e. The summed E-state index contributed by atoms with van der Waals surface area (Å²) in [6.45, 7) is 1.11. The monoisotopic (exact) mass is 288 g/mol. The van der Waals surface area contributed by atoms with Crippen molar-refractivity contribution in [2.24, 2.45) is 5.73 Å². The maximum atomic E-state index is 12.0. The normalized spacial score (nSPS) is 12.2. The van der Waals surface area contributed by atoms with E-state index < -0.39 is 10.8 Å². The molecule has 0 aliphatic heterocycles. The van der Waals surface area contributed by atoms with Gasteiger partial charge in [-0.3, -0.25) is 9.00 Å². The van der Waals surface area contributed by atoms with E-state index in [1.807, 2.05) is 0 Å². The molecule has 1 aromatic carbocycles. The molecule has 0 aliphatic rings. The number of amides is 1. The van der Waals surface area contributed by atoms with Crippen LogP contribution in [0.25, 0.3) is 0 Å². The summed E-state index contributed by atoms with van der Waals surface area (Å²) < 4.78 is 12.0. The average molecular weight is 289 g/mol. The zero-order valence-electron chi connectivity index (χ0n) is 10.3. The van der Waals surface area contributed by atoms with Crippen molar-refractivity contribution in [3.05, 3.63) is 29.3 Å². The summed E-state index contributed by atoms with van der Waals surface area (Å²) in [5.41, 5.74) is 5.37. The molecule has 0 radical (unpaired) electrons. The van der Waals surface area contributed by atoms with Gasteiger partial charge in [0, 0.05) is 13.6 Å². The average Bonchev–Trinajstić information content (AvgIpc) is 2.36. The first-order chi connectivity index (χ1) is 8.56. The molecule has 0 aromatic heterocycles. The van der Waals surface area contributed by atoms with Gasteiger partial charge in [-0.2, -0.15) is 0 Å². The highest BCUT2D eigenvalue weighted by atomic mass is 35.5. The number of rotatable bonds is 6. The molecule has 1 unspecified atom stereocenters. The van der Waals surface area contributed by atoms with Gasteiger partial charge in [0.15, 0.2) is 0 Å². The molecule has 1 atom stereocenters. The van der Waals surface area contributed by atoms with Crippen LogP contribution in [0, 0.1) is 0 Å². The van der Waals surface area contributed by atoms with Gasteiger partial charge in [0.2, 0.25) is 5.91 Å². The van der Waals surface area contributed by atoms with Gasteiger partial charge < -0.3 is 10.6 Å². The molecule has 0 fully saturated rings. The second-order valence-corrected chi connectivity index (χ2v) is 5.70. The standard InChI is InChI=1S/C12H17ClN2O2S/c1-15(8-4-7-14)12(16)9-18(17)11-6-3-2-5-10(11)13/h2-3,5-6H,4,7-9,14H2,1H3. The molecule has 2 N–H and O–H groups in total. The highest BCUT2D eigenvalue weighted by Gasteiger charge is 2.15. The highest BCUT2D eigenvalue weighted by molar-refractivity contribution is 7.85. The van der Waals surface area contributed by atoms with Crippen molar-refractivity contribution in [2.45, 2.75) is 11.3 Å². The number of nitrogens with zero attached hydrogens (tertiary/aromatic N) is 1. The van der Waals surface area contributed by atoms with Crippen LogP contribution in [0.4, 0.5) is 0 Å². The molecule has 0 spiro atoms. The van der Waals surface area contributed by atoms with Gasteiger partial charge in [-0.1, -0.05) is 23.7 Å². The Kier molecular flexibility index (Phi) is 6.32. The Labute approximate surface area is 115 Å². The van der Waals surface area contributed by atoms with E-state index in [1.165, 1.54) is 0 Å². The quantitative estimate of drug-likeness (QED) is 0.857. The summed E-state index contributed by atoms with van der Waals surface area (Å²) in [5.74, 6) is -0.216. The topological polar surface area (TPSA) is 63.4 Å². The fourth-order valence-corrected chi connectivity index (χ4v) is 2.89. The molecule has 0 aliphatic carbocycles. The van der Waals surface area contributed by atoms with Crippen LogP contribution in [-0.2, 0) is 15.6 Å². The van der Waals surface area contributed by atoms with E-state index in [1.54, 1.807) is 36.2 Å². The lowest BCUT2D eigenvalue weighted by Gasteiger charge is -2.16. The lowest BCUT2D eigenvalue weighted by molar-refractivity contribution is -0.127. The SMILES string of the molecule is CN(CCCN)C(=O)CS(=O)c1ccccc1Cl. The first-order valence-electron chi connectivity index (χ1n) is 5.63. The maximum absolute atomic E-state index is 12.0. The van der Waals surface area contributed by atoms with Gasteiger partial charge in [0.25, 0.3) is 0 Å². The van der Waals surface area contributed by atoms with Gasteiger partial charge in [0.05, 0.1) is 20.7 Å². The largest absolute Gasteiger partial charge is 0.345 e. The molecule has 0 saturated carbocycles. The van der Waals surface area contributed by atoms with Crippen LogP contribution in [0.15, 0.2) is 29.2 Å². The number of benzene rings is 1. The molecule has 0 saturated heterocycles. The third-order valence-electron chi connectivity index (χ3n) is 2.46. The second kappa shape index (κ2) is 7.51. The van der Waals surface area contributed by atoms with Crippen molar-refractivity contribution >= 4 is 28.3 Å². The molecular formula is C12H17ClN2O2S. The zero-order chi connectivity index (χ0) is 13.5. The van der Waals surface area contributed by atoms with Crippen LogP contribution in [0.3, 0.4) is 0 Å². The van der Waals surface area contributed by atoms with Gasteiger partial charge in [-0.15, -0.1) is 0 Å². The zero-order valence-corrected chi connectivity index (χ0v) is 11.8. The maximum Gasteiger partial charge on any atom is 0.235 e. The van der Waals surface area contributed by atoms with E-state index in [-0.39, 0.29) is 11.7 Å². The Morgan fingerprint density at radius 1 is 1.44 bits per heavy atom. The molecule has 1 aromatic rings. The van der Waals surface area contributed by atoms with E-state index in [0.29, 0.717) is 23.0 Å². The van der Waals surface area contributed by atoms with Crippen molar-refractivity contribution < 1.29 is 9.00 Å². The molecule has 0 bridgehead atoms. The molecular weight excluding hydrogens is 272 g/mol. The van der Waals surface area contributed by atoms with Crippen LogP contribution in [0.2, 0.25) is 5.02 Å². The third-order valence-corrected chi connectivity index (χ3v) is 4.26. The lowest BCUT2D eigenvalue weighted by atomic mass is 10.4. The van der Waals surface area contributed by atoms with Gasteiger partial charge in [-0.05, 0) is 25.1 Å². The predicted octanol–water partition coefficient (Wildman–Crippen LogP) is 1.25. The second-order valence-electron chi connectivity index (χ2n) is 3.88. The summed E-state index contributed by atoms with van der Waals surface area (Å²) in [6.07, 6.45) is 0.737. The Bertz CT molecular complexity index is 440. The minimum atomic E-state index is -1.41. The van der Waals surface area contributed by atoms with Crippen molar-refractivity contribution in [1.82, 2.24) is 4.90 Å². The fourth-order valence-electron chi connectivity index (χ4n) is 1.38. The number of nitrogens with two attached hydrogens (primary N) is 1. The first kappa shape index (κ1) is 15.1. The lowest BCUT2D eigenvalue weighted by Crippen LogP contribution is -2.32. The predicted molar refractivity (Wildman–Crippen MR) is 74.0 cm³/mol. The summed E-state index contributed by atoms with van der Waals surface area (Å²) in [5, 5.41) is 0.424. The summed E-state index contributed by atoms with van der Waals surface area (Å²) in [6, 6.07) is 6.85. The molecule has 100 valence electrons. The summed E-state index contributed by atoms with van der Waals surface area (Å²) in [4.78, 5) is 13.8. The summed E-state index contributed by atoms with van der Waals surface area (Å²) >= 11 is 5.93. The first-order valence-corrected chi connectivity index (χ1v) is 7.33. The van der Waals surface area contributed by atoms with E-state index >= 15 is 0 Å². The van der Waals surface area contributed by atoms with Gasteiger partial charge in [-0.25, -0.2) is 0 Å². The highest BCUT2D eigenvalue weighted by Crippen LogP contribution is 2.19. The van der Waals surface area contributed by atoms with Crippen LogP contribution in [0.5, 0.6) is 0 Å². The Hall–Kier alpha value is -0.910. The molecule has 1 amide bonds. The van der Waals surface area contributed by atoms with Crippen LogP contribution in [0.1, 0.15) is 6.42 Å². The molecule has 18 heavy (non-hydrogen) atoms. The van der Waals surface area contributed by atoms with Crippen molar-refractivity contribution in [2.75, 3.05) is 25.9 Å². The molecule has 6 heteroatoms. The van der Waals surface area contributed by atoms with Crippen molar-refractivity contribution in [3.63, 3.8) is 0 Å². The Balaban J connectivity index is 2.60. The third kappa shape index (κ3) is 4.40. The Morgan fingerprint density at radius 3 is 2.72 bits per heavy atom. The van der Waals surface area contributed by atoms with Crippen LogP contribution >= 0.6 is 11.6 Å². The number of hydrogen-bond acceptors (Lipinski definition) is 3. The summed E-state index contributed by atoms with van der Waals surface area (Å²) in [7, 11) is 0.277. The van der Waals surface area contributed by atoms with E-state index in [9.17, 15) is 9.00 Å². The van der Waals surface area contributed by atoms with Gasteiger partial charge >= 0.3 is 0 Å². The van der Waals surface area contributed by atoms with E-state index in [2.05, 4.69) is 0 Å². The van der Waals surface area contributed by atoms with E-state index in [4.69, 9.17) is 17.3 Å². The Morgan fingerprint density at radius 2 is 2.11 bits per heavy atom. The number of carbonyl (C=O) groups is 1. The number of halogens is 1. The van der Waals surface area contributed by atoms with Crippen molar-refractivity contribution in [1.29, 1.82) is 0 Å². The van der Waals surface area contributed by atoms with Crippen LogP contribution < -0.4 is 5.73 Å². The molecule has 4 nitrogen and oxygen atoms in total. The number of carbonyl (C=O) groups excluding carboxylic acids is 1. The molecule has 1 rings (SSSR count).